The second kappa shape index (κ2) is 11.3. The summed E-state index contributed by atoms with van der Waals surface area (Å²) in [4.78, 5) is 28.8. The van der Waals surface area contributed by atoms with Gasteiger partial charge in [-0.25, -0.2) is 19.4 Å². The van der Waals surface area contributed by atoms with Gasteiger partial charge >= 0.3 is 6.18 Å². The van der Waals surface area contributed by atoms with Crippen molar-refractivity contribution in [3.63, 3.8) is 0 Å². The summed E-state index contributed by atoms with van der Waals surface area (Å²) in [5.41, 5.74) is 0.701. The molecule has 2 bridgehead atoms. The molecule has 1 amide bonds. The molecule has 14 heteroatoms. The Hall–Kier alpha value is -4.43. The van der Waals surface area contributed by atoms with E-state index in [4.69, 9.17) is 14.3 Å². The number of nitrogens with zero attached hydrogens (tertiary/aromatic N) is 4. The van der Waals surface area contributed by atoms with E-state index in [1.165, 1.54) is 30.6 Å². The zero-order chi connectivity index (χ0) is 30.3. The minimum absolute atomic E-state index is 0.128. The lowest BCUT2D eigenvalue weighted by Crippen LogP contribution is -2.37. The summed E-state index contributed by atoms with van der Waals surface area (Å²) in [6.07, 6.45) is -0.983. The summed E-state index contributed by atoms with van der Waals surface area (Å²) in [5, 5.41) is 7.44. The Morgan fingerprint density at radius 2 is 2.02 bits per heavy atom. The van der Waals surface area contributed by atoms with Crippen LogP contribution in [0.3, 0.4) is 0 Å². The second-order valence-corrected chi connectivity index (χ2v) is 10.3. The van der Waals surface area contributed by atoms with Gasteiger partial charge in [-0.2, -0.15) is 13.2 Å². The SMILES string of the molecule is C=CC(=O)Nc1cc(Nc2cc(N3OCCC3c3ccc(F)c(C(F)(F)F)c3)ncn2)c(OC)cc1N1C[C@@H]2C[C@H]1CO2. The highest BCUT2D eigenvalue weighted by molar-refractivity contribution is 6.02. The van der Waals surface area contributed by atoms with Gasteiger partial charge in [0.25, 0.3) is 0 Å². The highest BCUT2D eigenvalue weighted by Gasteiger charge is 2.40. The van der Waals surface area contributed by atoms with Gasteiger partial charge in [0.05, 0.1) is 61.1 Å². The lowest BCUT2D eigenvalue weighted by molar-refractivity contribution is -0.140. The number of carbonyl (C=O) groups excluding carboxylic acids is 1. The van der Waals surface area contributed by atoms with Gasteiger partial charge in [-0.3, -0.25) is 9.63 Å². The standard InChI is InChI=1S/C29H28F4N6O4/c1-3-28(40)37-21-10-22(25(41-2)11-24(21)38-13-18-9-17(38)14-42-18)36-26-12-27(35-15-34-26)39-23(6-7-43-39)16-4-5-20(30)19(8-16)29(31,32)33/h3-5,8,10-12,15,17-18,23H,1,6-7,9,13-14H2,2H3,(H,37,40)(H,34,35,36)/t17-,18-,23?/m0/s1. The highest BCUT2D eigenvalue weighted by Crippen LogP contribution is 2.43. The molecule has 43 heavy (non-hydrogen) atoms. The van der Waals surface area contributed by atoms with Crippen molar-refractivity contribution >= 4 is 34.6 Å². The van der Waals surface area contributed by atoms with Gasteiger partial charge in [0.2, 0.25) is 5.91 Å². The topological polar surface area (TPSA) is 101 Å². The van der Waals surface area contributed by atoms with Gasteiger partial charge in [-0.05, 0) is 36.3 Å². The fourth-order valence-corrected chi connectivity index (χ4v) is 5.69. The fraction of sp³-hybridized carbons (Fsp3) is 0.345. The summed E-state index contributed by atoms with van der Waals surface area (Å²) in [6, 6.07) is 7.58. The Bertz CT molecular complexity index is 1550. The van der Waals surface area contributed by atoms with Crippen molar-refractivity contribution < 1.29 is 36.7 Å². The Morgan fingerprint density at radius 3 is 2.72 bits per heavy atom. The number of fused-ring (bicyclic) bond motifs is 2. The summed E-state index contributed by atoms with van der Waals surface area (Å²) >= 11 is 0. The molecule has 2 aromatic carbocycles. The third-order valence-electron chi connectivity index (χ3n) is 7.70. The van der Waals surface area contributed by atoms with Crippen LogP contribution in [-0.2, 0) is 20.5 Å². The number of aromatic nitrogens is 2. The van der Waals surface area contributed by atoms with Gasteiger partial charge in [0.15, 0.2) is 5.82 Å². The number of hydroxylamine groups is 1. The minimum atomic E-state index is -4.84. The molecule has 1 unspecified atom stereocenters. The van der Waals surface area contributed by atoms with Crippen molar-refractivity contribution in [2.75, 3.05) is 47.5 Å². The largest absolute Gasteiger partial charge is 0.494 e. The Kier molecular flexibility index (Phi) is 7.56. The first-order chi connectivity index (χ1) is 20.6. The highest BCUT2D eigenvalue weighted by atomic mass is 19.4. The fourth-order valence-electron chi connectivity index (χ4n) is 5.69. The minimum Gasteiger partial charge on any atom is -0.494 e. The molecule has 3 aliphatic heterocycles. The van der Waals surface area contributed by atoms with Crippen LogP contribution in [0.4, 0.5) is 46.3 Å². The number of morpholine rings is 1. The molecule has 0 saturated carbocycles. The van der Waals surface area contributed by atoms with Crippen LogP contribution in [0.2, 0.25) is 0 Å². The van der Waals surface area contributed by atoms with E-state index in [9.17, 15) is 22.4 Å². The number of anilines is 5. The van der Waals surface area contributed by atoms with Crippen molar-refractivity contribution in [3.05, 3.63) is 72.3 Å². The lowest BCUT2D eigenvalue weighted by atomic mass is 10.0. The van der Waals surface area contributed by atoms with Crippen molar-refractivity contribution in [2.24, 2.45) is 0 Å². The number of hydrogen-bond acceptors (Lipinski definition) is 9. The van der Waals surface area contributed by atoms with Crippen LogP contribution >= 0.6 is 0 Å². The monoisotopic (exact) mass is 600 g/mol. The zero-order valence-electron chi connectivity index (χ0n) is 23.0. The molecule has 2 N–H and O–H groups in total. The predicted molar refractivity (Wildman–Crippen MR) is 150 cm³/mol. The molecule has 0 radical (unpaired) electrons. The predicted octanol–water partition coefficient (Wildman–Crippen LogP) is 5.37. The van der Waals surface area contributed by atoms with E-state index in [-0.39, 0.29) is 36.0 Å². The molecule has 3 fully saturated rings. The van der Waals surface area contributed by atoms with Crippen LogP contribution in [0.1, 0.15) is 30.0 Å². The molecule has 3 atom stereocenters. The van der Waals surface area contributed by atoms with E-state index in [0.717, 1.165) is 24.2 Å². The van der Waals surface area contributed by atoms with E-state index < -0.39 is 23.6 Å². The third kappa shape index (κ3) is 5.67. The normalized spacial score (nSPS) is 21.3. The van der Waals surface area contributed by atoms with E-state index >= 15 is 0 Å². The van der Waals surface area contributed by atoms with Gasteiger partial charge < -0.3 is 25.0 Å². The Balaban J connectivity index is 1.30. The molecule has 3 saturated heterocycles. The number of halogens is 4. The number of amides is 1. The zero-order valence-corrected chi connectivity index (χ0v) is 23.0. The average molecular weight is 601 g/mol. The van der Waals surface area contributed by atoms with Gasteiger partial charge in [-0.1, -0.05) is 12.6 Å². The molecule has 4 heterocycles. The molecular formula is C29H28F4N6O4. The number of hydrogen-bond donors (Lipinski definition) is 2. The molecule has 226 valence electrons. The van der Waals surface area contributed by atoms with Crippen LogP contribution in [0, 0.1) is 5.82 Å². The average Bonchev–Trinajstić information content (AvgIpc) is 3.75. The Labute approximate surface area is 244 Å². The summed E-state index contributed by atoms with van der Waals surface area (Å²) < 4.78 is 65.4. The maximum absolute atomic E-state index is 13.9. The molecule has 3 aliphatic rings. The van der Waals surface area contributed by atoms with Gasteiger partial charge in [-0.15, -0.1) is 0 Å². The van der Waals surface area contributed by atoms with Gasteiger partial charge in [0, 0.05) is 25.1 Å². The third-order valence-corrected chi connectivity index (χ3v) is 7.70. The lowest BCUT2D eigenvalue weighted by Gasteiger charge is -2.31. The van der Waals surface area contributed by atoms with Gasteiger partial charge in [0.1, 0.15) is 23.7 Å². The van der Waals surface area contributed by atoms with Crippen molar-refractivity contribution in [3.8, 4) is 5.75 Å². The first-order valence-corrected chi connectivity index (χ1v) is 13.6. The number of benzene rings is 2. The number of ether oxygens (including phenoxy) is 2. The molecule has 3 aromatic rings. The van der Waals surface area contributed by atoms with Crippen molar-refractivity contribution in [2.45, 2.75) is 37.2 Å². The molecule has 0 aliphatic carbocycles. The maximum atomic E-state index is 13.9. The summed E-state index contributed by atoms with van der Waals surface area (Å²) in [5.74, 6) is -0.632. The van der Waals surface area contributed by atoms with Crippen molar-refractivity contribution in [1.29, 1.82) is 0 Å². The number of carbonyl (C=O) groups is 1. The molecular weight excluding hydrogens is 572 g/mol. The smallest absolute Gasteiger partial charge is 0.419 e. The number of rotatable bonds is 8. The van der Waals surface area contributed by atoms with Crippen LogP contribution in [0.5, 0.6) is 5.75 Å². The van der Waals surface area contributed by atoms with Crippen LogP contribution in [0.25, 0.3) is 0 Å². The Morgan fingerprint density at radius 1 is 1.19 bits per heavy atom. The van der Waals surface area contributed by atoms with Crippen LogP contribution in [0.15, 0.2) is 55.4 Å². The quantitative estimate of drug-likeness (QED) is 0.261. The van der Waals surface area contributed by atoms with Crippen LogP contribution < -0.4 is 25.3 Å². The maximum Gasteiger partial charge on any atom is 0.419 e. The molecule has 10 nitrogen and oxygen atoms in total. The van der Waals surface area contributed by atoms with E-state index in [0.29, 0.717) is 42.5 Å². The molecule has 0 spiro atoms. The van der Waals surface area contributed by atoms with E-state index in [1.807, 2.05) is 6.07 Å². The van der Waals surface area contributed by atoms with E-state index in [1.54, 1.807) is 12.1 Å². The summed E-state index contributed by atoms with van der Waals surface area (Å²) in [6.45, 7) is 5.05. The number of methoxy groups -OCH3 is 1. The molecule has 6 rings (SSSR count). The molecule has 1 aromatic heterocycles. The first kappa shape index (κ1) is 28.7. The van der Waals surface area contributed by atoms with Crippen LogP contribution in [-0.4, -0.2) is 54.9 Å². The van der Waals surface area contributed by atoms with E-state index in [2.05, 4.69) is 32.1 Å². The second-order valence-electron chi connectivity index (χ2n) is 10.3. The number of nitrogens with one attached hydrogen (secondary N) is 2. The number of alkyl halides is 3. The first-order valence-electron chi connectivity index (χ1n) is 13.6. The van der Waals surface area contributed by atoms with Crippen molar-refractivity contribution in [1.82, 2.24) is 9.97 Å². The summed E-state index contributed by atoms with van der Waals surface area (Å²) in [7, 11) is 1.53.